The lowest BCUT2D eigenvalue weighted by atomic mass is 9.97. The topological polar surface area (TPSA) is 29.9 Å². The third kappa shape index (κ3) is 5.77. The van der Waals surface area contributed by atoms with Crippen molar-refractivity contribution >= 4 is 0 Å². The number of aryl methyl sites for hydroxylation is 2. The average molecular weight is 265 g/mol. The van der Waals surface area contributed by atoms with Gasteiger partial charge in [0.1, 0.15) is 0 Å². The molecule has 1 aromatic heterocycles. The molecular weight excluding hydrogens is 234 g/mol. The van der Waals surface area contributed by atoms with Crippen molar-refractivity contribution in [1.82, 2.24) is 15.1 Å². The molecular formula is C16H31N3. The van der Waals surface area contributed by atoms with E-state index in [2.05, 4.69) is 55.8 Å². The fraction of sp³-hybridized carbons (Fsp3) is 0.812. The molecule has 3 heteroatoms. The number of hydrogen-bond donors (Lipinski definition) is 1. The van der Waals surface area contributed by atoms with Gasteiger partial charge in [0, 0.05) is 12.2 Å². The van der Waals surface area contributed by atoms with Gasteiger partial charge in [-0.1, -0.05) is 27.2 Å². The largest absolute Gasteiger partial charge is 0.316 e. The summed E-state index contributed by atoms with van der Waals surface area (Å²) < 4.78 is 2.15. The summed E-state index contributed by atoms with van der Waals surface area (Å²) in [5.41, 5.74) is 2.53. The molecule has 3 nitrogen and oxygen atoms in total. The summed E-state index contributed by atoms with van der Waals surface area (Å²) >= 11 is 0. The van der Waals surface area contributed by atoms with E-state index in [1.807, 2.05) is 0 Å². The first-order chi connectivity index (χ1) is 9.06. The van der Waals surface area contributed by atoms with Gasteiger partial charge in [-0.25, -0.2) is 0 Å². The molecule has 0 bridgehead atoms. The standard InChI is InChI=1S/C16H31N3/c1-6-8-15(12-17-11-13(3)4)10-16-9-14(5)18-19(16)7-2/h9,13,15,17H,6-8,10-12H2,1-5H3. The minimum Gasteiger partial charge on any atom is -0.316 e. The van der Waals surface area contributed by atoms with Gasteiger partial charge >= 0.3 is 0 Å². The van der Waals surface area contributed by atoms with E-state index in [9.17, 15) is 0 Å². The number of hydrogen-bond acceptors (Lipinski definition) is 2. The zero-order chi connectivity index (χ0) is 14.3. The predicted molar refractivity (Wildman–Crippen MR) is 82.4 cm³/mol. The Morgan fingerprint density at radius 3 is 2.58 bits per heavy atom. The van der Waals surface area contributed by atoms with E-state index in [-0.39, 0.29) is 0 Å². The Morgan fingerprint density at radius 1 is 1.26 bits per heavy atom. The molecule has 0 saturated heterocycles. The van der Waals surface area contributed by atoms with E-state index in [1.165, 1.54) is 18.5 Å². The van der Waals surface area contributed by atoms with Crippen molar-refractivity contribution in [2.24, 2.45) is 11.8 Å². The van der Waals surface area contributed by atoms with Crippen molar-refractivity contribution < 1.29 is 0 Å². The summed E-state index contributed by atoms with van der Waals surface area (Å²) in [4.78, 5) is 0. The van der Waals surface area contributed by atoms with Gasteiger partial charge < -0.3 is 5.32 Å². The van der Waals surface area contributed by atoms with Crippen LogP contribution in [0.25, 0.3) is 0 Å². The van der Waals surface area contributed by atoms with Crippen molar-refractivity contribution in [2.45, 2.75) is 60.4 Å². The summed E-state index contributed by atoms with van der Waals surface area (Å²) in [5, 5.41) is 8.15. The first kappa shape index (κ1) is 16.2. The minimum absolute atomic E-state index is 0.727. The zero-order valence-electron chi connectivity index (χ0n) is 13.4. The number of nitrogens with zero attached hydrogens (tertiary/aromatic N) is 2. The second-order valence-electron chi connectivity index (χ2n) is 6.00. The highest BCUT2D eigenvalue weighted by atomic mass is 15.3. The Morgan fingerprint density at radius 2 is 2.00 bits per heavy atom. The highest BCUT2D eigenvalue weighted by Gasteiger charge is 2.13. The van der Waals surface area contributed by atoms with Gasteiger partial charge in [0.15, 0.2) is 0 Å². The number of nitrogens with one attached hydrogen (secondary N) is 1. The van der Waals surface area contributed by atoms with Gasteiger partial charge in [-0.2, -0.15) is 5.10 Å². The summed E-state index contributed by atoms with van der Waals surface area (Å²) in [6, 6.07) is 2.24. The Bertz CT molecular complexity index is 355. The van der Waals surface area contributed by atoms with E-state index in [0.29, 0.717) is 0 Å². The lowest BCUT2D eigenvalue weighted by Gasteiger charge is -2.18. The average Bonchev–Trinajstić information content (AvgIpc) is 2.69. The third-order valence-corrected chi connectivity index (χ3v) is 3.47. The Hall–Kier alpha value is -0.830. The number of rotatable bonds is 9. The predicted octanol–water partition coefficient (Wildman–Crippen LogP) is 3.42. The summed E-state index contributed by atoms with van der Waals surface area (Å²) in [6.45, 7) is 14.3. The molecule has 0 amide bonds. The van der Waals surface area contributed by atoms with Crippen LogP contribution in [-0.4, -0.2) is 22.9 Å². The second-order valence-corrected chi connectivity index (χ2v) is 6.00. The molecule has 110 valence electrons. The summed E-state index contributed by atoms with van der Waals surface area (Å²) in [7, 11) is 0. The summed E-state index contributed by atoms with van der Waals surface area (Å²) in [5.74, 6) is 1.45. The fourth-order valence-electron chi connectivity index (χ4n) is 2.59. The lowest BCUT2D eigenvalue weighted by Crippen LogP contribution is -2.28. The van der Waals surface area contributed by atoms with Crippen molar-refractivity contribution in [1.29, 1.82) is 0 Å². The van der Waals surface area contributed by atoms with E-state index in [0.717, 1.165) is 43.6 Å². The maximum Gasteiger partial charge on any atom is 0.0596 e. The Balaban J connectivity index is 2.56. The van der Waals surface area contributed by atoms with Crippen LogP contribution in [0.3, 0.4) is 0 Å². The van der Waals surface area contributed by atoms with Crippen molar-refractivity contribution in [3.63, 3.8) is 0 Å². The van der Waals surface area contributed by atoms with Crippen LogP contribution in [-0.2, 0) is 13.0 Å². The second kappa shape index (κ2) is 8.36. The van der Waals surface area contributed by atoms with Crippen LogP contribution in [0.2, 0.25) is 0 Å². The molecule has 0 aliphatic heterocycles. The van der Waals surface area contributed by atoms with E-state index < -0.39 is 0 Å². The first-order valence-electron chi connectivity index (χ1n) is 7.80. The van der Waals surface area contributed by atoms with Gasteiger partial charge in [0.2, 0.25) is 0 Å². The Labute approximate surface area is 118 Å². The Kier molecular flexibility index (Phi) is 7.14. The smallest absolute Gasteiger partial charge is 0.0596 e. The van der Waals surface area contributed by atoms with Crippen molar-refractivity contribution in [3.8, 4) is 0 Å². The molecule has 1 atom stereocenters. The van der Waals surface area contributed by atoms with Gasteiger partial charge in [-0.3, -0.25) is 4.68 Å². The van der Waals surface area contributed by atoms with E-state index in [4.69, 9.17) is 0 Å². The van der Waals surface area contributed by atoms with Crippen LogP contribution < -0.4 is 5.32 Å². The molecule has 19 heavy (non-hydrogen) atoms. The molecule has 1 heterocycles. The molecule has 0 spiro atoms. The normalized spacial score (nSPS) is 13.2. The van der Waals surface area contributed by atoms with E-state index >= 15 is 0 Å². The molecule has 0 fully saturated rings. The third-order valence-electron chi connectivity index (χ3n) is 3.47. The molecule has 0 aliphatic carbocycles. The summed E-state index contributed by atoms with van der Waals surface area (Å²) in [6.07, 6.45) is 3.69. The molecule has 1 N–H and O–H groups in total. The lowest BCUT2D eigenvalue weighted by molar-refractivity contribution is 0.410. The molecule has 0 saturated carbocycles. The van der Waals surface area contributed by atoms with Crippen LogP contribution in [0.15, 0.2) is 6.07 Å². The quantitative estimate of drug-likeness (QED) is 0.741. The molecule has 1 unspecified atom stereocenters. The van der Waals surface area contributed by atoms with Crippen LogP contribution in [0, 0.1) is 18.8 Å². The first-order valence-corrected chi connectivity index (χ1v) is 7.80. The van der Waals surface area contributed by atoms with Crippen LogP contribution in [0.4, 0.5) is 0 Å². The van der Waals surface area contributed by atoms with Gasteiger partial charge in [-0.15, -0.1) is 0 Å². The molecule has 0 aliphatic rings. The zero-order valence-corrected chi connectivity index (χ0v) is 13.4. The molecule has 1 aromatic rings. The molecule has 1 rings (SSSR count). The highest BCUT2D eigenvalue weighted by molar-refractivity contribution is 5.09. The van der Waals surface area contributed by atoms with Gasteiger partial charge in [-0.05, 0) is 57.7 Å². The maximum atomic E-state index is 4.55. The minimum atomic E-state index is 0.727. The van der Waals surface area contributed by atoms with Gasteiger partial charge in [0.05, 0.1) is 5.69 Å². The van der Waals surface area contributed by atoms with E-state index in [1.54, 1.807) is 0 Å². The molecule has 0 radical (unpaired) electrons. The highest BCUT2D eigenvalue weighted by Crippen LogP contribution is 2.15. The van der Waals surface area contributed by atoms with Crippen LogP contribution in [0.1, 0.15) is 51.9 Å². The van der Waals surface area contributed by atoms with Crippen LogP contribution in [0.5, 0.6) is 0 Å². The number of aromatic nitrogens is 2. The maximum absolute atomic E-state index is 4.55. The van der Waals surface area contributed by atoms with Crippen molar-refractivity contribution in [3.05, 3.63) is 17.5 Å². The SMILES string of the molecule is CCCC(CNCC(C)C)Cc1cc(C)nn1CC. The molecule has 0 aromatic carbocycles. The fourth-order valence-corrected chi connectivity index (χ4v) is 2.59. The van der Waals surface area contributed by atoms with Crippen LogP contribution >= 0.6 is 0 Å². The van der Waals surface area contributed by atoms with Crippen molar-refractivity contribution in [2.75, 3.05) is 13.1 Å². The monoisotopic (exact) mass is 265 g/mol. The van der Waals surface area contributed by atoms with Gasteiger partial charge in [0.25, 0.3) is 0 Å².